The minimum absolute atomic E-state index is 0.408. The van der Waals surface area contributed by atoms with E-state index in [4.69, 9.17) is 17.3 Å². The number of halogens is 1. The number of primary amides is 1. The second kappa shape index (κ2) is 7.21. The number of amides is 1. The molecule has 0 radical (unpaired) electrons. The van der Waals surface area contributed by atoms with Crippen molar-refractivity contribution in [1.29, 1.82) is 0 Å². The molecule has 1 amide bonds. The van der Waals surface area contributed by atoms with E-state index < -0.39 is 12.0 Å². The third-order valence-electron chi connectivity index (χ3n) is 3.60. The van der Waals surface area contributed by atoms with Crippen LogP contribution >= 0.6 is 23.4 Å². The molecule has 0 spiro atoms. The topological polar surface area (TPSA) is 76.2 Å². The van der Waals surface area contributed by atoms with Gasteiger partial charge in [-0.15, -0.1) is 11.8 Å². The molecule has 0 bridgehead atoms. The average molecular weight is 359 g/mol. The number of benzene rings is 2. The molecule has 1 atom stereocenters. The first-order valence-electron chi connectivity index (χ1n) is 7.30. The van der Waals surface area contributed by atoms with Crippen LogP contribution < -0.4 is 5.73 Å². The molecule has 0 aliphatic rings. The Morgan fingerprint density at radius 1 is 1.21 bits per heavy atom. The molecule has 122 valence electrons. The number of aliphatic hydroxyl groups is 1. The molecule has 0 saturated heterocycles. The molecule has 0 aliphatic heterocycles. The summed E-state index contributed by atoms with van der Waals surface area (Å²) in [5.74, 6) is -0.0840. The number of thioether (sulfide) groups is 1. The van der Waals surface area contributed by atoms with E-state index in [2.05, 4.69) is 4.98 Å². The maximum Gasteiger partial charge on any atom is 0.249 e. The number of nitrogens with two attached hydrogens (primary N) is 1. The molecular formula is C18H15ClN2O2S. The quantitative estimate of drug-likeness (QED) is 0.680. The molecule has 0 saturated carbocycles. The van der Waals surface area contributed by atoms with Gasteiger partial charge in [-0.3, -0.25) is 4.79 Å². The molecule has 24 heavy (non-hydrogen) atoms. The number of aromatic nitrogens is 1. The zero-order valence-electron chi connectivity index (χ0n) is 12.6. The summed E-state index contributed by atoms with van der Waals surface area (Å²) in [5, 5.41) is 12.3. The monoisotopic (exact) mass is 358 g/mol. The number of carbonyl (C=O) groups excluding carboxylic acids is 1. The van der Waals surface area contributed by atoms with Crippen molar-refractivity contribution in [2.75, 3.05) is 5.75 Å². The molecule has 4 nitrogen and oxygen atoms in total. The number of pyridine rings is 1. The van der Waals surface area contributed by atoms with Crippen molar-refractivity contribution in [3.8, 4) is 0 Å². The Kier molecular flexibility index (Phi) is 5.04. The zero-order chi connectivity index (χ0) is 17.1. The highest BCUT2D eigenvalue weighted by Crippen LogP contribution is 2.27. The maximum atomic E-state index is 11.7. The minimum atomic E-state index is -0.655. The van der Waals surface area contributed by atoms with Crippen LogP contribution in [0, 0.1) is 0 Å². The van der Waals surface area contributed by atoms with E-state index >= 15 is 0 Å². The van der Waals surface area contributed by atoms with Gasteiger partial charge >= 0.3 is 0 Å². The smallest absolute Gasteiger partial charge is 0.249 e. The fourth-order valence-electron chi connectivity index (χ4n) is 2.37. The highest BCUT2D eigenvalue weighted by molar-refractivity contribution is 7.99. The standard InChI is InChI=1S/C18H15ClN2O2S/c19-12-7-5-11(6-8-12)16(22)10-24-17-9-14(18(20)23)13-3-1-2-4-15(13)21-17/h1-9,16,22H,10H2,(H2,20,23)/t16-/m0/s1. The molecule has 2 aromatic carbocycles. The number of nitrogens with zero attached hydrogens (tertiary/aromatic N) is 1. The Balaban J connectivity index is 1.82. The predicted octanol–water partition coefficient (Wildman–Crippen LogP) is 3.81. The lowest BCUT2D eigenvalue weighted by molar-refractivity contribution is 0.100. The highest BCUT2D eigenvalue weighted by atomic mass is 35.5. The number of hydrogen-bond acceptors (Lipinski definition) is 4. The fraction of sp³-hybridized carbons (Fsp3) is 0.111. The number of carbonyl (C=O) groups is 1. The van der Waals surface area contributed by atoms with E-state index in [0.29, 0.717) is 26.9 Å². The van der Waals surface area contributed by atoms with Crippen LogP contribution in [0.3, 0.4) is 0 Å². The van der Waals surface area contributed by atoms with Gasteiger partial charge in [0.25, 0.3) is 0 Å². The van der Waals surface area contributed by atoms with Crippen molar-refractivity contribution < 1.29 is 9.90 Å². The van der Waals surface area contributed by atoms with Crippen LogP contribution in [0.2, 0.25) is 5.02 Å². The lowest BCUT2D eigenvalue weighted by Crippen LogP contribution is -2.12. The number of para-hydroxylation sites is 1. The largest absolute Gasteiger partial charge is 0.388 e. The Morgan fingerprint density at radius 3 is 2.62 bits per heavy atom. The molecule has 1 aromatic heterocycles. The fourth-order valence-corrected chi connectivity index (χ4v) is 3.39. The highest BCUT2D eigenvalue weighted by Gasteiger charge is 2.13. The van der Waals surface area contributed by atoms with Crippen LogP contribution in [0.15, 0.2) is 59.6 Å². The number of fused-ring (bicyclic) bond motifs is 1. The molecular weight excluding hydrogens is 344 g/mol. The Labute approximate surface area is 148 Å². The number of hydrogen-bond donors (Lipinski definition) is 2. The van der Waals surface area contributed by atoms with Crippen molar-refractivity contribution in [3.63, 3.8) is 0 Å². The molecule has 0 fully saturated rings. The van der Waals surface area contributed by atoms with E-state index in [1.54, 1.807) is 30.3 Å². The maximum absolute atomic E-state index is 11.7. The SMILES string of the molecule is NC(=O)c1cc(SC[C@H](O)c2ccc(Cl)cc2)nc2ccccc12. The van der Waals surface area contributed by atoms with Gasteiger partial charge in [-0.05, 0) is 29.8 Å². The minimum Gasteiger partial charge on any atom is -0.388 e. The van der Waals surface area contributed by atoms with Crippen molar-refractivity contribution >= 4 is 40.2 Å². The van der Waals surface area contributed by atoms with Crippen molar-refractivity contribution in [3.05, 3.63) is 70.7 Å². The van der Waals surface area contributed by atoms with Crippen LogP contribution in [-0.4, -0.2) is 21.8 Å². The predicted molar refractivity (Wildman–Crippen MR) is 97.4 cm³/mol. The van der Waals surface area contributed by atoms with Crippen LogP contribution in [0.1, 0.15) is 22.0 Å². The Hall–Kier alpha value is -2.08. The van der Waals surface area contributed by atoms with Crippen molar-refractivity contribution in [2.24, 2.45) is 5.73 Å². The first-order valence-corrected chi connectivity index (χ1v) is 8.67. The van der Waals surface area contributed by atoms with Gasteiger partial charge in [0, 0.05) is 16.2 Å². The number of rotatable bonds is 5. The third kappa shape index (κ3) is 3.70. The lowest BCUT2D eigenvalue weighted by Gasteiger charge is -2.11. The van der Waals surface area contributed by atoms with Crippen LogP contribution in [-0.2, 0) is 0 Å². The average Bonchev–Trinajstić information content (AvgIpc) is 2.59. The van der Waals surface area contributed by atoms with Gasteiger partial charge in [-0.25, -0.2) is 4.98 Å². The van der Waals surface area contributed by atoms with Gasteiger partial charge < -0.3 is 10.8 Å². The molecule has 1 heterocycles. The van der Waals surface area contributed by atoms with Gasteiger partial charge in [-0.2, -0.15) is 0 Å². The third-order valence-corrected chi connectivity index (χ3v) is 4.84. The van der Waals surface area contributed by atoms with Gasteiger partial charge in [0.15, 0.2) is 0 Å². The molecule has 0 aliphatic carbocycles. The summed E-state index contributed by atoms with van der Waals surface area (Å²) in [6.45, 7) is 0. The first-order chi connectivity index (χ1) is 11.5. The van der Waals surface area contributed by atoms with Gasteiger partial charge in [0.2, 0.25) is 5.91 Å². The summed E-state index contributed by atoms with van der Waals surface area (Å²) in [6.07, 6.45) is -0.655. The summed E-state index contributed by atoms with van der Waals surface area (Å²) in [6, 6.07) is 16.1. The second-order valence-corrected chi connectivity index (χ2v) is 6.74. The van der Waals surface area contributed by atoms with E-state index in [-0.39, 0.29) is 0 Å². The summed E-state index contributed by atoms with van der Waals surface area (Å²) < 4.78 is 0. The zero-order valence-corrected chi connectivity index (χ0v) is 14.2. The van der Waals surface area contributed by atoms with E-state index in [9.17, 15) is 9.90 Å². The van der Waals surface area contributed by atoms with Crippen LogP contribution in [0.4, 0.5) is 0 Å². The molecule has 6 heteroatoms. The van der Waals surface area contributed by atoms with E-state index in [0.717, 1.165) is 10.9 Å². The molecule has 3 rings (SSSR count). The Bertz CT molecular complexity index is 884. The van der Waals surface area contributed by atoms with Crippen molar-refractivity contribution in [1.82, 2.24) is 4.98 Å². The van der Waals surface area contributed by atoms with E-state index in [1.165, 1.54) is 11.8 Å². The van der Waals surface area contributed by atoms with Crippen LogP contribution in [0.5, 0.6) is 0 Å². The lowest BCUT2D eigenvalue weighted by atomic mass is 10.1. The Morgan fingerprint density at radius 2 is 1.92 bits per heavy atom. The first kappa shape index (κ1) is 16.8. The van der Waals surface area contributed by atoms with Gasteiger partial charge in [-0.1, -0.05) is 41.9 Å². The number of aliphatic hydroxyl groups excluding tert-OH is 1. The summed E-state index contributed by atoms with van der Waals surface area (Å²) >= 11 is 7.22. The summed E-state index contributed by atoms with van der Waals surface area (Å²) in [7, 11) is 0. The molecule has 3 aromatic rings. The molecule has 0 unspecified atom stereocenters. The van der Waals surface area contributed by atoms with Crippen LogP contribution in [0.25, 0.3) is 10.9 Å². The summed E-state index contributed by atoms with van der Waals surface area (Å²) in [5.41, 5.74) is 7.39. The van der Waals surface area contributed by atoms with Gasteiger partial charge in [0.1, 0.15) is 0 Å². The normalized spacial score (nSPS) is 12.2. The van der Waals surface area contributed by atoms with Gasteiger partial charge in [0.05, 0.1) is 22.2 Å². The van der Waals surface area contributed by atoms with Crippen molar-refractivity contribution in [2.45, 2.75) is 11.1 Å². The van der Waals surface area contributed by atoms with E-state index in [1.807, 2.05) is 24.3 Å². The summed E-state index contributed by atoms with van der Waals surface area (Å²) in [4.78, 5) is 16.2. The molecule has 3 N–H and O–H groups in total. The second-order valence-electron chi connectivity index (χ2n) is 5.27.